The molecule has 5 rings (SSSR count). The second-order valence-electron chi connectivity index (χ2n) is 9.40. The average Bonchev–Trinajstić information content (AvgIpc) is 3.26. The molecule has 3 aliphatic rings. The molecule has 3 amide bonds. The Labute approximate surface area is 209 Å². The number of hydrogen-bond acceptors (Lipinski definition) is 6. The summed E-state index contributed by atoms with van der Waals surface area (Å²) in [4.78, 5) is 40.8. The van der Waals surface area contributed by atoms with Crippen LogP contribution in [0.15, 0.2) is 41.3 Å². The van der Waals surface area contributed by atoms with Gasteiger partial charge in [0, 0.05) is 44.8 Å². The summed E-state index contributed by atoms with van der Waals surface area (Å²) in [6, 6.07) is 10.2. The van der Waals surface area contributed by atoms with Crippen molar-refractivity contribution in [2.45, 2.75) is 25.2 Å². The van der Waals surface area contributed by atoms with Crippen LogP contribution in [0.3, 0.4) is 0 Å². The fourth-order valence-electron chi connectivity index (χ4n) is 4.79. The van der Waals surface area contributed by atoms with Gasteiger partial charge >= 0.3 is 0 Å². The molecule has 3 heterocycles. The van der Waals surface area contributed by atoms with Gasteiger partial charge in [0.1, 0.15) is 5.75 Å². The van der Waals surface area contributed by atoms with E-state index in [0.29, 0.717) is 18.0 Å². The Morgan fingerprint density at radius 3 is 2.47 bits per heavy atom. The minimum Gasteiger partial charge on any atom is -0.482 e. The van der Waals surface area contributed by atoms with Gasteiger partial charge in [-0.15, -0.1) is 0 Å². The molecule has 11 heteroatoms. The van der Waals surface area contributed by atoms with Crippen molar-refractivity contribution in [2.75, 3.05) is 49.5 Å². The molecule has 36 heavy (non-hydrogen) atoms. The molecule has 2 aromatic carbocycles. The first-order chi connectivity index (χ1) is 17.1. The van der Waals surface area contributed by atoms with Gasteiger partial charge in [-0.25, -0.2) is 8.42 Å². The summed E-state index contributed by atoms with van der Waals surface area (Å²) in [5, 5.41) is 2.62. The van der Waals surface area contributed by atoms with Crippen molar-refractivity contribution >= 4 is 39.1 Å². The molecule has 0 bridgehead atoms. The fraction of sp³-hybridized carbons (Fsp3) is 0.400. The lowest BCUT2D eigenvalue weighted by atomic mass is 10.1. The largest absolute Gasteiger partial charge is 0.482 e. The van der Waals surface area contributed by atoms with E-state index in [4.69, 9.17) is 4.74 Å². The summed E-state index contributed by atoms with van der Waals surface area (Å²) in [5.74, 6) is -0.580. The van der Waals surface area contributed by atoms with Gasteiger partial charge in [0.25, 0.3) is 5.91 Å². The molecular formula is C25H28N4O6S. The van der Waals surface area contributed by atoms with Crippen molar-refractivity contribution < 1.29 is 27.5 Å². The summed E-state index contributed by atoms with van der Waals surface area (Å²) in [6.45, 7) is 5.00. The molecule has 0 aliphatic carbocycles. The molecule has 0 unspecified atom stereocenters. The van der Waals surface area contributed by atoms with Crippen molar-refractivity contribution in [1.82, 2.24) is 9.21 Å². The van der Waals surface area contributed by atoms with Gasteiger partial charge in [0.15, 0.2) is 6.61 Å². The molecule has 3 aliphatic heterocycles. The molecule has 0 saturated carbocycles. The molecule has 2 saturated heterocycles. The second-order valence-corrected chi connectivity index (χ2v) is 11.3. The molecule has 2 aromatic rings. The SMILES string of the molecule is Cc1ccc(N2C[C@@H](C(=O)N3CCN(S(=O)(=O)c4ccc5c(c4)NC(=O)CO5)CC3)CC2=O)cc1C. The maximum Gasteiger partial charge on any atom is 0.262 e. The van der Waals surface area contributed by atoms with E-state index in [-0.39, 0.29) is 61.8 Å². The molecule has 0 radical (unpaired) electrons. The highest BCUT2D eigenvalue weighted by Crippen LogP contribution is 2.32. The minimum atomic E-state index is -3.82. The number of rotatable bonds is 4. The monoisotopic (exact) mass is 512 g/mol. The van der Waals surface area contributed by atoms with Gasteiger partial charge in [-0.05, 0) is 55.3 Å². The topological polar surface area (TPSA) is 116 Å². The standard InChI is InChI=1S/C25H28N4O6S/c1-16-3-4-19(11-17(16)2)29-14-18(12-24(29)31)25(32)27-7-9-28(10-8-27)36(33,34)20-5-6-22-21(13-20)26-23(30)15-35-22/h3-6,11,13,18H,7-10,12,14-15H2,1-2H3,(H,26,30)/t18-/m0/s1. The van der Waals surface area contributed by atoms with Crippen LogP contribution in [0.1, 0.15) is 17.5 Å². The Morgan fingerprint density at radius 1 is 1.00 bits per heavy atom. The normalized spacial score (nSPS) is 20.7. The number of nitrogens with one attached hydrogen (secondary N) is 1. The predicted molar refractivity (Wildman–Crippen MR) is 132 cm³/mol. The van der Waals surface area contributed by atoms with Crippen molar-refractivity contribution in [1.29, 1.82) is 0 Å². The smallest absolute Gasteiger partial charge is 0.262 e. The van der Waals surface area contributed by atoms with Crippen LogP contribution in [0.25, 0.3) is 0 Å². The molecule has 2 fully saturated rings. The zero-order valence-corrected chi connectivity index (χ0v) is 21.0. The average molecular weight is 513 g/mol. The number of carbonyl (C=O) groups excluding carboxylic acids is 3. The summed E-state index contributed by atoms with van der Waals surface area (Å²) in [6.07, 6.45) is 0.146. The molecule has 10 nitrogen and oxygen atoms in total. The number of carbonyl (C=O) groups is 3. The highest BCUT2D eigenvalue weighted by Gasteiger charge is 2.39. The number of benzene rings is 2. The van der Waals surface area contributed by atoms with Crippen molar-refractivity contribution in [3.8, 4) is 5.75 Å². The zero-order valence-electron chi connectivity index (χ0n) is 20.2. The number of ether oxygens (including phenoxy) is 1. The van der Waals surface area contributed by atoms with Crippen LogP contribution in [0.2, 0.25) is 0 Å². The van der Waals surface area contributed by atoms with E-state index >= 15 is 0 Å². The van der Waals surface area contributed by atoms with Crippen LogP contribution in [-0.4, -0.2) is 74.7 Å². The van der Waals surface area contributed by atoms with Crippen LogP contribution >= 0.6 is 0 Å². The predicted octanol–water partition coefficient (Wildman–Crippen LogP) is 1.52. The van der Waals surface area contributed by atoms with E-state index in [1.807, 2.05) is 32.0 Å². The minimum absolute atomic E-state index is 0.0530. The van der Waals surface area contributed by atoms with Gasteiger partial charge < -0.3 is 19.9 Å². The first-order valence-electron chi connectivity index (χ1n) is 11.9. The van der Waals surface area contributed by atoms with Crippen LogP contribution in [0.4, 0.5) is 11.4 Å². The van der Waals surface area contributed by atoms with E-state index in [0.717, 1.165) is 16.8 Å². The Bertz CT molecular complexity index is 1350. The van der Waals surface area contributed by atoms with Crippen molar-refractivity contribution in [3.63, 3.8) is 0 Å². The van der Waals surface area contributed by atoms with Gasteiger partial charge in [-0.1, -0.05) is 6.07 Å². The number of aryl methyl sites for hydroxylation is 2. The Balaban J connectivity index is 1.22. The summed E-state index contributed by atoms with van der Waals surface area (Å²) in [5.41, 5.74) is 3.34. The summed E-state index contributed by atoms with van der Waals surface area (Å²) >= 11 is 0. The quantitative estimate of drug-likeness (QED) is 0.664. The Morgan fingerprint density at radius 2 is 1.75 bits per heavy atom. The van der Waals surface area contributed by atoms with Crippen LogP contribution in [0.5, 0.6) is 5.75 Å². The number of sulfonamides is 1. The molecule has 0 spiro atoms. The fourth-order valence-corrected chi connectivity index (χ4v) is 6.24. The lowest BCUT2D eigenvalue weighted by Gasteiger charge is -2.35. The summed E-state index contributed by atoms with van der Waals surface area (Å²) < 4.78 is 33.0. The number of anilines is 2. The highest BCUT2D eigenvalue weighted by molar-refractivity contribution is 7.89. The first kappa shape index (κ1) is 24.3. The Kier molecular flexibility index (Phi) is 6.21. The van der Waals surface area contributed by atoms with Gasteiger partial charge in [0.2, 0.25) is 21.8 Å². The number of fused-ring (bicyclic) bond motifs is 1. The third-order valence-corrected chi connectivity index (χ3v) is 8.94. The third-order valence-electron chi connectivity index (χ3n) is 7.05. The Hall–Kier alpha value is -3.44. The number of nitrogens with zero attached hydrogens (tertiary/aromatic N) is 3. The molecular weight excluding hydrogens is 484 g/mol. The van der Waals surface area contributed by atoms with Gasteiger partial charge in [-0.3, -0.25) is 14.4 Å². The number of hydrogen-bond donors (Lipinski definition) is 1. The lowest BCUT2D eigenvalue weighted by Crippen LogP contribution is -2.52. The lowest BCUT2D eigenvalue weighted by molar-refractivity contribution is -0.137. The molecule has 0 aromatic heterocycles. The third kappa shape index (κ3) is 4.44. The van der Waals surface area contributed by atoms with E-state index < -0.39 is 15.9 Å². The maximum atomic E-state index is 13.2. The van der Waals surface area contributed by atoms with Crippen molar-refractivity contribution in [2.24, 2.45) is 5.92 Å². The molecule has 1 N–H and O–H groups in total. The highest BCUT2D eigenvalue weighted by atomic mass is 32.2. The van der Waals surface area contributed by atoms with E-state index in [9.17, 15) is 22.8 Å². The molecule has 1 atom stereocenters. The van der Waals surface area contributed by atoms with Crippen LogP contribution in [0, 0.1) is 19.8 Å². The maximum absolute atomic E-state index is 13.2. The van der Waals surface area contributed by atoms with Gasteiger partial charge in [0.05, 0.1) is 16.5 Å². The van der Waals surface area contributed by atoms with Crippen LogP contribution < -0.4 is 15.0 Å². The second kappa shape index (κ2) is 9.21. The van der Waals surface area contributed by atoms with Crippen LogP contribution in [-0.2, 0) is 24.4 Å². The zero-order chi connectivity index (χ0) is 25.6. The van der Waals surface area contributed by atoms with Crippen molar-refractivity contribution in [3.05, 3.63) is 47.5 Å². The van der Waals surface area contributed by atoms with E-state index in [1.165, 1.54) is 22.5 Å². The van der Waals surface area contributed by atoms with E-state index in [2.05, 4.69) is 5.32 Å². The first-order valence-corrected chi connectivity index (χ1v) is 13.3. The van der Waals surface area contributed by atoms with E-state index in [1.54, 1.807) is 9.80 Å². The number of piperazine rings is 1. The molecule has 190 valence electrons. The van der Waals surface area contributed by atoms with Gasteiger partial charge in [-0.2, -0.15) is 4.31 Å². The number of amides is 3. The summed E-state index contributed by atoms with van der Waals surface area (Å²) in [7, 11) is -3.82.